The van der Waals surface area contributed by atoms with Gasteiger partial charge in [-0.25, -0.2) is 13.8 Å². The molecule has 0 fully saturated rings. The van der Waals surface area contributed by atoms with Gasteiger partial charge in [-0.3, -0.25) is 9.20 Å². The van der Waals surface area contributed by atoms with Crippen molar-refractivity contribution in [3.8, 4) is 11.3 Å². The van der Waals surface area contributed by atoms with Crippen LogP contribution in [-0.2, 0) is 4.79 Å². The molecule has 10 heteroatoms. The van der Waals surface area contributed by atoms with Gasteiger partial charge in [-0.1, -0.05) is 0 Å². The molecule has 5 nitrogen and oxygen atoms in total. The minimum atomic E-state index is -5.17. The Hall–Kier alpha value is -3.04. The molecule has 0 saturated carbocycles. The molecular weight excluding hydrogens is 335 g/mol. The number of amides is 1. The summed E-state index contributed by atoms with van der Waals surface area (Å²) in [4.78, 5) is 18.7. The number of halogens is 5. The van der Waals surface area contributed by atoms with Crippen LogP contribution in [0.3, 0.4) is 0 Å². The summed E-state index contributed by atoms with van der Waals surface area (Å²) in [6, 6.07) is 3.88. The van der Waals surface area contributed by atoms with E-state index in [0.717, 1.165) is 22.6 Å². The molecule has 24 heavy (non-hydrogen) atoms. The highest BCUT2D eigenvalue weighted by Gasteiger charge is 2.39. The fourth-order valence-electron chi connectivity index (χ4n) is 2.09. The number of carbonyl (C=O) groups is 1. The van der Waals surface area contributed by atoms with E-state index in [1.54, 1.807) is 5.32 Å². The van der Waals surface area contributed by atoms with E-state index in [1.807, 2.05) is 0 Å². The maximum atomic E-state index is 14.0. The van der Waals surface area contributed by atoms with Crippen LogP contribution >= 0.6 is 0 Å². The highest BCUT2D eigenvalue weighted by atomic mass is 19.4. The molecule has 0 atom stereocenters. The van der Waals surface area contributed by atoms with Crippen molar-refractivity contribution in [1.29, 1.82) is 0 Å². The maximum Gasteiger partial charge on any atom is 0.471 e. The molecule has 0 unspecified atom stereocenters. The molecule has 0 aliphatic rings. The van der Waals surface area contributed by atoms with Gasteiger partial charge >= 0.3 is 12.1 Å². The molecule has 0 bridgehead atoms. The second kappa shape index (κ2) is 5.55. The van der Waals surface area contributed by atoms with Gasteiger partial charge in [0.15, 0.2) is 5.82 Å². The number of nitrogens with zero attached hydrogens (tertiary/aromatic N) is 3. The van der Waals surface area contributed by atoms with Crippen LogP contribution in [0.25, 0.3) is 17.0 Å². The number of imidazole rings is 1. The highest BCUT2D eigenvalue weighted by Crippen LogP contribution is 2.32. The molecule has 2 heterocycles. The van der Waals surface area contributed by atoms with Crippen molar-refractivity contribution in [2.24, 2.45) is 0 Å². The van der Waals surface area contributed by atoms with Crippen LogP contribution in [0.15, 0.2) is 36.7 Å². The van der Waals surface area contributed by atoms with Gasteiger partial charge in [0.2, 0.25) is 5.78 Å². The van der Waals surface area contributed by atoms with Crippen LogP contribution in [0.2, 0.25) is 0 Å². The fraction of sp³-hybridized carbons (Fsp3) is 0.0714. The first-order valence-corrected chi connectivity index (χ1v) is 6.44. The molecular formula is C14H7F5N4O. The Balaban J connectivity index is 2.23. The zero-order valence-electron chi connectivity index (χ0n) is 11.6. The summed E-state index contributed by atoms with van der Waals surface area (Å²) in [5.41, 5.74) is -0.624. The van der Waals surface area contributed by atoms with E-state index in [-0.39, 0.29) is 17.0 Å². The lowest BCUT2D eigenvalue weighted by atomic mass is 10.1. The first-order valence-electron chi connectivity index (χ1n) is 6.44. The first kappa shape index (κ1) is 15.8. The van der Waals surface area contributed by atoms with Crippen LogP contribution in [0.4, 0.5) is 27.8 Å². The molecule has 1 N–H and O–H groups in total. The number of hydrogen-bond acceptors (Lipinski definition) is 3. The van der Waals surface area contributed by atoms with Crippen LogP contribution in [0.1, 0.15) is 0 Å². The van der Waals surface area contributed by atoms with E-state index < -0.39 is 29.5 Å². The van der Waals surface area contributed by atoms with Crippen molar-refractivity contribution in [2.75, 3.05) is 5.32 Å². The van der Waals surface area contributed by atoms with E-state index in [2.05, 4.69) is 9.97 Å². The van der Waals surface area contributed by atoms with Crippen LogP contribution in [0.5, 0.6) is 0 Å². The largest absolute Gasteiger partial charge is 0.471 e. The van der Waals surface area contributed by atoms with Gasteiger partial charge in [0.05, 0.1) is 0 Å². The molecule has 124 valence electrons. The number of benzene rings is 1. The zero-order valence-corrected chi connectivity index (χ0v) is 11.6. The Morgan fingerprint density at radius 3 is 2.67 bits per heavy atom. The third-order valence-corrected chi connectivity index (χ3v) is 3.08. The van der Waals surface area contributed by atoms with E-state index in [9.17, 15) is 26.7 Å². The number of anilines is 1. The third kappa shape index (κ3) is 2.77. The Kier molecular flexibility index (Phi) is 3.66. The Morgan fingerprint density at radius 1 is 1.21 bits per heavy atom. The minimum Gasteiger partial charge on any atom is -0.301 e. The van der Waals surface area contributed by atoms with Gasteiger partial charge in [-0.2, -0.15) is 18.2 Å². The monoisotopic (exact) mass is 342 g/mol. The lowest BCUT2D eigenvalue weighted by Crippen LogP contribution is -2.30. The molecule has 0 saturated heterocycles. The highest BCUT2D eigenvalue weighted by molar-refractivity contribution is 5.97. The summed E-state index contributed by atoms with van der Waals surface area (Å²) < 4.78 is 66.0. The van der Waals surface area contributed by atoms with Crippen molar-refractivity contribution in [2.45, 2.75) is 6.18 Å². The predicted octanol–water partition coefficient (Wildman–Crippen LogP) is 3.18. The predicted molar refractivity (Wildman–Crippen MR) is 73.0 cm³/mol. The average molecular weight is 342 g/mol. The van der Waals surface area contributed by atoms with Gasteiger partial charge in [-0.05, 0) is 24.3 Å². The van der Waals surface area contributed by atoms with Crippen molar-refractivity contribution < 1.29 is 26.7 Å². The molecule has 3 aromatic rings. The third-order valence-electron chi connectivity index (χ3n) is 3.08. The summed E-state index contributed by atoms with van der Waals surface area (Å²) in [6.45, 7) is 0. The summed E-state index contributed by atoms with van der Waals surface area (Å²) in [7, 11) is 0. The molecule has 1 amide bonds. The van der Waals surface area contributed by atoms with Gasteiger partial charge in [0.25, 0.3) is 0 Å². The van der Waals surface area contributed by atoms with E-state index >= 15 is 0 Å². The second-order valence-electron chi connectivity index (χ2n) is 4.67. The van der Waals surface area contributed by atoms with E-state index in [0.29, 0.717) is 0 Å². The minimum absolute atomic E-state index is 0.0892. The number of alkyl halides is 3. The fourth-order valence-corrected chi connectivity index (χ4v) is 2.09. The first-order chi connectivity index (χ1) is 11.3. The number of rotatable bonds is 2. The van der Waals surface area contributed by atoms with Gasteiger partial charge in [-0.15, -0.1) is 0 Å². The number of carbonyl (C=O) groups excluding carboxylic acids is 1. The summed E-state index contributed by atoms with van der Waals surface area (Å²) in [5.74, 6) is -4.67. The van der Waals surface area contributed by atoms with Crippen LogP contribution in [0, 0.1) is 11.6 Å². The van der Waals surface area contributed by atoms with Gasteiger partial charge in [0.1, 0.15) is 17.3 Å². The number of hydrogen-bond donors (Lipinski definition) is 1. The number of nitrogens with one attached hydrogen (secondary N) is 1. The molecule has 0 radical (unpaired) electrons. The summed E-state index contributed by atoms with van der Waals surface area (Å²) >= 11 is 0. The standard InChI is InChI=1S/C14H7F5N4O/c15-7-2-3-9(16)8(6-7)10-11(21-12(24)14(17,18)19)22-13-20-4-1-5-23(10)13/h1-6H,(H,21,24). The van der Waals surface area contributed by atoms with Crippen molar-refractivity contribution >= 4 is 17.5 Å². The Labute approximate surface area is 130 Å². The van der Waals surface area contributed by atoms with Crippen LogP contribution in [-0.4, -0.2) is 26.5 Å². The maximum absolute atomic E-state index is 14.0. The second-order valence-corrected chi connectivity index (χ2v) is 4.67. The van der Waals surface area contributed by atoms with E-state index in [1.165, 1.54) is 18.5 Å². The SMILES string of the molecule is O=C(Nc1nc2ncccn2c1-c1cc(F)ccc1F)C(F)(F)F. The van der Waals surface area contributed by atoms with Crippen molar-refractivity contribution in [3.63, 3.8) is 0 Å². The zero-order chi connectivity index (χ0) is 17.5. The quantitative estimate of drug-likeness (QED) is 0.728. The normalized spacial score (nSPS) is 11.7. The molecule has 3 rings (SSSR count). The summed E-state index contributed by atoms with van der Waals surface area (Å²) in [5, 5.41) is 1.56. The number of fused-ring (bicyclic) bond motifs is 1. The smallest absolute Gasteiger partial charge is 0.301 e. The lowest BCUT2D eigenvalue weighted by molar-refractivity contribution is -0.167. The van der Waals surface area contributed by atoms with Crippen molar-refractivity contribution in [3.05, 3.63) is 48.3 Å². The van der Waals surface area contributed by atoms with Gasteiger partial charge < -0.3 is 5.32 Å². The number of aromatic nitrogens is 3. The Morgan fingerprint density at radius 2 is 1.96 bits per heavy atom. The topological polar surface area (TPSA) is 59.3 Å². The molecule has 2 aromatic heterocycles. The van der Waals surface area contributed by atoms with Gasteiger partial charge in [0, 0.05) is 18.0 Å². The molecule has 0 spiro atoms. The molecule has 0 aliphatic heterocycles. The Bertz CT molecular complexity index is 935. The van der Waals surface area contributed by atoms with E-state index in [4.69, 9.17) is 0 Å². The molecule has 0 aliphatic carbocycles. The van der Waals surface area contributed by atoms with Crippen molar-refractivity contribution in [1.82, 2.24) is 14.4 Å². The van der Waals surface area contributed by atoms with Crippen LogP contribution < -0.4 is 5.32 Å². The lowest BCUT2D eigenvalue weighted by Gasteiger charge is -2.09. The average Bonchev–Trinajstić information content (AvgIpc) is 2.86. The molecule has 1 aromatic carbocycles. The summed E-state index contributed by atoms with van der Waals surface area (Å²) in [6.07, 6.45) is -2.51.